The van der Waals surface area contributed by atoms with Crippen molar-refractivity contribution >= 4 is 47.7 Å². The molecule has 1 rings (SSSR count). The van der Waals surface area contributed by atoms with E-state index in [1.54, 1.807) is 0 Å². The Hall–Kier alpha value is -0.180. The van der Waals surface area contributed by atoms with Crippen molar-refractivity contribution in [2.24, 2.45) is 4.99 Å². The zero-order chi connectivity index (χ0) is 15.7. The Morgan fingerprint density at radius 3 is 2.68 bits per heavy atom. The summed E-state index contributed by atoms with van der Waals surface area (Å²) < 4.78 is 5.37. The van der Waals surface area contributed by atoms with Crippen LogP contribution in [0.4, 0.5) is 0 Å². The minimum absolute atomic E-state index is 0. The van der Waals surface area contributed by atoms with Crippen molar-refractivity contribution in [3.05, 3.63) is 0 Å². The van der Waals surface area contributed by atoms with Gasteiger partial charge in [-0.3, -0.25) is 9.79 Å². The van der Waals surface area contributed by atoms with Crippen LogP contribution in [0.25, 0.3) is 0 Å². The number of esters is 1. The third-order valence-electron chi connectivity index (χ3n) is 3.21. The van der Waals surface area contributed by atoms with Crippen LogP contribution in [0.1, 0.15) is 47.0 Å². The predicted octanol–water partition coefficient (Wildman–Crippen LogP) is 2.79. The molecule has 0 aromatic carbocycles. The number of thioether (sulfide) groups is 1. The standard InChI is InChI=1S/C15H29N3O2S.HI/c1-5-16-14(17-9-7-13(19)20-12(2)3)18-11-15(4)8-6-10-21-15;/h12H,5-11H2,1-4H3,(H2,16,17,18);1H. The van der Waals surface area contributed by atoms with Crippen molar-refractivity contribution < 1.29 is 9.53 Å². The largest absolute Gasteiger partial charge is 0.463 e. The third kappa shape index (κ3) is 9.07. The van der Waals surface area contributed by atoms with Crippen LogP contribution in [-0.2, 0) is 9.53 Å². The van der Waals surface area contributed by atoms with Gasteiger partial charge in [0, 0.05) is 17.8 Å². The van der Waals surface area contributed by atoms with Gasteiger partial charge in [0.1, 0.15) is 0 Å². The van der Waals surface area contributed by atoms with Crippen LogP contribution in [0, 0.1) is 0 Å². The minimum atomic E-state index is -0.174. The molecule has 0 aromatic rings. The van der Waals surface area contributed by atoms with Gasteiger partial charge in [-0.05, 0) is 46.3 Å². The minimum Gasteiger partial charge on any atom is -0.463 e. The van der Waals surface area contributed by atoms with Gasteiger partial charge in [0.15, 0.2) is 5.96 Å². The van der Waals surface area contributed by atoms with Crippen molar-refractivity contribution in [1.82, 2.24) is 10.6 Å². The first kappa shape index (κ1) is 21.8. The summed E-state index contributed by atoms with van der Waals surface area (Å²) in [6.45, 7) is 10.2. The first-order valence-corrected chi connectivity index (χ1v) is 8.79. The summed E-state index contributed by atoms with van der Waals surface area (Å²) in [5.74, 6) is 1.84. The van der Waals surface area contributed by atoms with Gasteiger partial charge >= 0.3 is 5.97 Å². The number of carbonyl (C=O) groups excluding carboxylic acids is 1. The number of hydrogen-bond donors (Lipinski definition) is 2. The average molecular weight is 443 g/mol. The molecular formula is C15H30IN3O2S. The SMILES string of the molecule is CCNC(=NCC1(C)CCCS1)NCCC(=O)OC(C)C.I. The average Bonchev–Trinajstić information content (AvgIpc) is 2.82. The lowest BCUT2D eigenvalue weighted by Crippen LogP contribution is -2.39. The van der Waals surface area contributed by atoms with E-state index in [4.69, 9.17) is 4.74 Å². The van der Waals surface area contributed by atoms with Crippen LogP contribution < -0.4 is 10.6 Å². The van der Waals surface area contributed by atoms with E-state index in [2.05, 4.69) is 22.5 Å². The van der Waals surface area contributed by atoms with Gasteiger partial charge in [-0.15, -0.1) is 24.0 Å². The van der Waals surface area contributed by atoms with Gasteiger partial charge in [-0.2, -0.15) is 11.8 Å². The maximum absolute atomic E-state index is 11.5. The summed E-state index contributed by atoms with van der Waals surface area (Å²) in [4.78, 5) is 16.1. The van der Waals surface area contributed by atoms with Crippen molar-refractivity contribution in [3.8, 4) is 0 Å². The second-order valence-corrected chi connectivity index (χ2v) is 7.49. The fraction of sp³-hybridized carbons (Fsp3) is 0.867. The Labute approximate surface area is 155 Å². The molecule has 0 bridgehead atoms. The molecule has 1 fully saturated rings. The lowest BCUT2D eigenvalue weighted by molar-refractivity contribution is -0.147. The molecule has 1 heterocycles. The molecule has 1 atom stereocenters. The molecule has 0 spiro atoms. The molecule has 0 aromatic heterocycles. The maximum Gasteiger partial charge on any atom is 0.307 e. The highest BCUT2D eigenvalue weighted by atomic mass is 127. The highest BCUT2D eigenvalue weighted by Gasteiger charge is 2.29. The van der Waals surface area contributed by atoms with E-state index in [0.717, 1.165) is 19.0 Å². The number of guanidine groups is 1. The topological polar surface area (TPSA) is 62.7 Å². The highest BCUT2D eigenvalue weighted by molar-refractivity contribution is 14.0. The smallest absolute Gasteiger partial charge is 0.307 e. The van der Waals surface area contributed by atoms with E-state index in [1.807, 2.05) is 32.5 Å². The van der Waals surface area contributed by atoms with Crippen molar-refractivity contribution in [3.63, 3.8) is 0 Å². The summed E-state index contributed by atoms with van der Waals surface area (Å²) in [6, 6.07) is 0. The number of carbonyl (C=O) groups is 1. The molecule has 1 aliphatic rings. The molecule has 1 saturated heterocycles. The Morgan fingerprint density at radius 1 is 1.41 bits per heavy atom. The Morgan fingerprint density at radius 2 is 2.14 bits per heavy atom. The molecule has 2 N–H and O–H groups in total. The Balaban J connectivity index is 0.00000441. The van der Waals surface area contributed by atoms with Crippen LogP contribution in [0.15, 0.2) is 4.99 Å². The number of rotatable bonds is 7. The normalized spacial score (nSPS) is 21.4. The Kier molecular flexibility index (Phi) is 11.3. The summed E-state index contributed by atoms with van der Waals surface area (Å²) in [7, 11) is 0. The summed E-state index contributed by atoms with van der Waals surface area (Å²) >= 11 is 2.00. The first-order chi connectivity index (χ1) is 9.95. The maximum atomic E-state index is 11.5. The van der Waals surface area contributed by atoms with Gasteiger partial charge in [0.05, 0.1) is 19.1 Å². The molecule has 7 heteroatoms. The van der Waals surface area contributed by atoms with Crippen molar-refractivity contribution in [2.75, 3.05) is 25.4 Å². The predicted molar refractivity (Wildman–Crippen MR) is 105 cm³/mol. The van der Waals surface area contributed by atoms with Crippen LogP contribution in [0.2, 0.25) is 0 Å². The van der Waals surface area contributed by atoms with Gasteiger partial charge in [0.25, 0.3) is 0 Å². The van der Waals surface area contributed by atoms with Crippen LogP contribution >= 0.6 is 35.7 Å². The molecule has 0 amide bonds. The first-order valence-electron chi connectivity index (χ1n) is 7.81. The van der Waals surface area contributed by atoms with Crippen LogP contribution in [0.5, 0.6) is 0 Å². The van der Waals surface area contributed by atoms with E-state index in [-0.39, 0.29) is 40.8 Å². The number of nitrogens with one attached hydrogen (secondary N) is 2. The van der Waals surface area contributed by atoms with Gasteiger partial charge in [-0.1, -0.05) is 0 Å². The van der Waals surface area contributed by atoms with Crippen LogP contribution in [-0.4, -0.2) is 48.2 Å². The molecule has 22 heavy (non-hydrogen) atoms. The van der Waals surface area contributed by atoms with E-state index in [9.17, 15) is 4.79 Å². The summed E-state index contributed by atoms with van der Waals surface area (Å²) in [5.41, 5.74) is 0. The molecule has 0 aliphatic carbocycles. The second-order valence-electron chi connectivity index (χ2n) is 5.81. The molecule has 0 saturated carbocycles. The fourth-order valence-corrected chi connectivity index (χ4v) is 3.38. The van der Waals surface area contributed by atoms with Crippen molar-refractivity contribution in [1.29, 1.82) is 0 Å². The lowest BCUT2D eigenvalue weighted by Gasteiger charge is -2.21. The third-order valence-corrected chi connectivity index (χ3v) is 4.73. The summed E-state index contributed by atoms with van der Waals surface area (Å²) in [5, 5.41) is 6.41. The lowest BCUT2D eigenvalue weighted by atomic mass is 10.1. The van der Waals surface area contributed by atoms with Gasteiger partial charge in [-0.25, -0.2) is 0 Å². The zero-order valence-corrected chi connectivity index (χ0v) is 17.3. The quantitative estimate of drug-likeness (QED) is 0.274. The van der Waals surface area contributed by atoms with Gasteiger partial charge in [0.2, 0.25) is 0 Å². The van der Waals surface area contributed by atoms with Crippen LogP contribution in [0.3, 0.4) is 0 Å². The number of aliphatic imine (C=N–C) groups is 1. The number of ether oxygens (including phenoxy) is 1. The number of halogens is 1. The van der Waals surface area contributed by atoms with Gasteiger partial charge < -0.3 is 15.4 Å². The van der Waals surface area contributed by atoms with Crippen molar-refractivity contribution in [2.45, 2.75) is 57.8 Å². The van der Waals surface area contributed by atoms with E-state index in [0.29, 0.717) is 13.0 Å². The van der Waals surface area contributed by atoms with E-state index < -0.39 is 0 Å². The summed E-state index contributed by atoms with van der Waals surface area (Å²) in [6.07, 6.45) is 2.80. The van der Waals surface area contributed by atoms with E-state index in [1.165, 1.54) is 18.6 Å². The monoisotopic (exact) mass is 443 g/mol. The van der Waals surface area contributed by atoms with E-state index >= 15 is 0 Å². The molecule has 130 valence electrons. The Bertz CT molecular complexity index is 359. The number of nitrogens with zero attached hydrogens (tertiary/aromatic N) is 1. The second kappa shape index (κ2) is 11.4. The highest BCUT2D eigenvalue weighted by Crippen LogP contribution is 2.37. The fourth-order valence-electron chi connectivity index (χ4n) is 2.15. The molecule has 0 radical (unpaired) electrons. The molecule has 1 unspecified atom stereocenters. The molecular weight excluding hydrogens is 413 g/mol. The molecule has 5 nitrogen and oxygen atoms in total. The zero-order valence-electron chi connectivity index (χ0n) is 14.1. The molecule has 1 aliphatic heterocycles. The number of hydrogen-bond acceptors (Lipinski definition) is 4.